The van der Waals surface area contributed by atoms with Crippen LogP contribution in [0.1, 0.15) is 23.2 Å². The van der Waals surface area contributed by atoms with Gasteiger partial charge in [-0.2, -0.15) is 5.10 Å². The fraction of sp³-hybridized carbons (Fsp3) is 0.263. The number of hydrogen-bond acceptors (Lipinski definition) is 5. The van der Waals surface area contributed by atoms with Crippen LogP contribution < -0.4 is 3.93 Å². The Morgan fingerprint density at radius 3 is 2.74 bits per heavy atom. The summed E-state index contributed by atoms with van der Waals surface area (Å²) in [4.78, 5) is 23.8. The molecule has 1 fully saturated rings. The highest BCUT2D eigenvalue weighted by Gasteiger charge is 2.32. The molecule has 3 aromatic rings. The van der Waals surface area contributed by atoms with Gasteiger partial charge in [-0.1, -0.05) is 12.1 Å². The first-order chi connectivity index (χ1) is 13.2. The fourth-order valence-electron chi connectivity index (χ4n) is 3.40. The van der Waals surface area contributed by atoms with E-state index in [0.717, 1.165) is 25.1 Å². The van der Waals surface area contributed by atoms with E-state index in [2.05, 4.69) is 31.2 Å². The first-order valence-corrected chi connectivity index (χ1v) is 9.55. The van der Waals surface area contributed by atoms with Crippen LogP contribution in [0.5, 0.6) is 0 Å². The normalized spacial score (nSPS) is 16.5. The molecule has 0 radical (unpaired) electrons. The lowest BCUT2D eigenvalue weighted by Gasteiger charge is -2.28. The summed E-state index contributed by atoms with van der Waals surface area (Å²) in [6.45, 7) is 1.37. The minimum absolute atomic E-state index is 0.0264. The first-order valence-electron chi connectivity index (χ1n) is 8.84. The van der Waals surface area contributed by atoms with E-state index >= 15 is 0 Å². The number of rotatable bonds is 5. The van der Waals surface area contributed by atoms with E-state index in [1.165, 1.54) is 0 Å². The third-order valence-electron chi connectivity index (χ3n) is 4.66. The third-order valence-corrected chi connectivity index (χ3v) is 5.27. The molecule has 0 bridgehead atoms. The van der Waals surface area contributed by atoms with Crippen LogP contribution in [0.15, 0.2) is 61.2 Å². The maximum absolute atomic E-state index is 13.3. The van der Waals surface area contributed by atoms with Crippen LogP contribution in [0.4, 0.5) is 5.95 Å². The number of nitrogens with zero attached hydrogens (tertiary/aromatic N) is 6. The molecule has 1 saturated heterocycles. The van der Waals surface area contributed by atoms with Crippen molar-refractivity contribution >= 4 is 28.0 Å². The molecule has 3 heterocycles. The van der Waals surface area contributed by atoms with Crippen molar-refractivity contribution in [3.63, 3.8) is 0 Å². The third kappa shape index (κ3) is 3.71. The molecule has 1 atom stereocenters. The van der Waals surface area contributed by atoms with Gasteiger partial charge in [0.1, 0.15) is 0 Å². The lowest BCUT2D eigenvalue weighted by atomic mass is 10.1. The Hall–Kier alpha value is -2.74. The second-order valence-corrected chi connectivity index (χ2v) is 7.21. The number of benzene rings is 1. The second kappa shape index (κ2) is 7.87. The molecule has 1 aliphatic heterocycles. The predicted molar refractivity (Wildman–Crippen MR) is 106 cm³/mol. The summed E-state index contributed by atoms with van der Waals surface area (Å²) >= 11 is 3.53. The Kier molecular flexibility index (Phi) is 5.15. The molecule has 1 aromatic carbocycles. The van der Waals surface area contributed by atoms with Crippen molar-refractivity contribution in [2.24, 2.45) is 0 Å². The van der Waals surface area contributed by atoms with Gasteiger partial charge >= 0.3 is 0 Å². The minimum Gasteiger partial charge on any atom is -0.334 e. The van der Waals surface area contributed by atoms with E-state index < -0.39 is 0 Å². The molecule has 0 aliphatic carbocycles. The Balaban J connectivity index is 1.55. The molecule has 0 unspecified atom stereocenters. The van der Waals surface area contributed by atoms with Crippen LogP contribution in [-0.4, -0.2) is 49.7 Å². The predicted octanol–water partition coefficient (Wildman–Crippen LogP) is 3.08. The molecule has 4 rings (SSSR count). The lowest BCUT2D eigenvalue weighted by Crippen LogP contribution is -2.41. The number of anilines is 1. The van der Waals surface area contributed by atoms with Gasteiger partial charge in [-0.25, -0.2) is 14.6 Å². The van der Waals surface area contributed by atoms with Crippen LogP contribution in [0.25, 0.3) is 5.69 Å². The monoisotopic (exact) mass is 426 g/mol. The Labute approximate surface area is 166 Å². The quantitative estimate of drug-likeness (QED) is 0.586. The van der Waals surface area contributed by atoms with Crippen molar-refractivity contribution in [2.45, 2.75) is 18.9 Å². The van der Waals surface area contributed by atoms with Gasteiger partial charge in [0.2, 0.25) is 5.95 Å². The average molecular weight is 427 g/mol. The van der Waals surface area contributed by atoms with Gasteiger partial charge in [-0.3, -0.25) is 8.72 Å². The molecule has 7 nitrogen and oxygen atoms in total. The highest BCUT2D eigenvalue weighted by Crippen LogP contribution is 2.25. The van der Waals surface area contributed by atoms with E-state index in [9.17, 15) is 4.79 Å². The Morgan fingerprint density at radius 2 is 1.96 bits per heavy atom. The maximum atomic E-state index is 13.3. The van der Waals surface area contributed by atoms with Gasteiger partial charge < -0.3 is 4.90 Å². The number of aromatic nitrogens is 4. The van der Waals surface area contributed by atoms with Gasteiger partial charge in [0.25, 0.3) is 5.91 Å². The SMILES string of the molecule is O=C(c1ccccc1-n1cccn1)N1CCC[C@H]1CN(Br)c1ncccn1. The molecule has 27 heavy (non-hydrogen) atoms. The van der Waals surface area contributed by atoms with Crippen molar-refractivity contribution in [1.82, 2.24) is 24.6 Å². The molecule has 138 valence electrons. The fourth-order valence-corrected chi connectivity index (χ4v) is 3.91. The summed E-state index contributed by atoms with van der Waals surface area (Å²) in [5.74, 6) is 0.618. The zero-order chi connectivity index (χ0) is 18.6. The molecule has 2 aromatic heterocycles. The van der Waals surface area contributed by atoms with E-state index in [1.54, 1.807) is 29.3 Å². The smallest absolute Gasteiger partial charge is 0.256 e. The number of hydrogen-bond donors (Lipinski definition) is 0. The number of halogens is 1. The Bertz CT molecular complexity index is 902. The van der Waals surface area contributed by atoms with Crippen LogP contribution in [0.3, 0.4) is 0 Å². The number of carbonyl (C=O) groups excluding carboxylic acids is 1. The Morgan fingerprint density at radius 1 is 1.15 bits per heavy atom. The van der Waals surface area contributed by atoms with Gasteiger partial charge in [0.15, 0.2) is 0 Å². The van der Waals surface area contributed by atoms with Gasteiger partial charge in [-0.05, 0) is 37.1 Å². The average Bonchev–Trinajstić information content (AvgIpc) is 3.40. The summed E-state index contributed by atoms with van der Waals surface area (Å²) in [6, 6.07) is 11.3. The standard InChI is InChI=1S/C19H19BrN6O/c20-25(19-21-9-4-10-22-19)14-15-6-3-12-24(15)18(27)16-7-1-2-8-17(16)26-13-5-11-23-26/h1-2,4-5,7-11,13,15H,3,6,12,14H2/t15-/m0/s1. The highest BCUT2D eigenvalue weighted by molar-refractivity contribution is 9.10. The minimum atomic E-state index is 0.0264. The van der Waals surface area contributed by atoms with Crippen molar-refractivity contribution in [3.8, 4) is 5.69 Å². The number of para-hydroxylation sites is 1. The van der Waals surface area contributed by atoms with Crippen LogP contribution in [0, 0.1) is 0 Å². The number of carbonyl (C=O) groups is 1. The van der Waals surface area contributed by atoms with Crippen LogP contribution >= 0.6 is 16.1 Å². The summed E-state index contributed by atoms with van der Waals surface area (Å²) in [5.41, 5.74) is 1.45. The summed E-state index contributed by atoms with van der Waals surface area (Å²) < 4.78 is 3.55. The van der Waals surface area contributed by atoms with Crippen LogP contribution in [0.2, 0.25) is 0 Å². The molecule has 0 N–H and O–H groups in total. The van der Waals surface area contributed by atoms with Crippen molar-refractivity contribution in [1.29, 1.82) is 0 Å². The van der Waals surface area contributed by atoms with Gasteiger partial charge in [0, 0.05) is 31.3 Å². The van der Waals surface area contributed by atoms with Crippen LogP contribution in [-0.2, 0) is 0 Å². The van der Waals surface area contributed by atoms with Crippen molar-refractivity contribution in [2.75, 3.05) is 17.0 Å². The summed E-state index contributed by atoms with van der Waals surface area (Å²) in [5, 5.41) is 4.28. The molecule has 1 amide bonds. The molecule has 0 saturated carbocycles. The van der Waals surface area contributed by atoms with E-state index in [-0.39, 0.29) is 11.9 Å². The molecular weight excluding hydrogens is 408 g/mol. The number of amides is 1. The molecular formula is C19H19BrN6O. The zero-order valence-corrected chi connectivity index (χ0v) is 16.2. The van der Waals surface area contributed by atoms with Crippen molar-refractivity contribution in [3.05, 3.63) is 66.7 Å². The van der Waals surface area contributed by atoms with E-state index in [1.807, 2.05) is 45.4 Å². The molecule has 0 spiro atoms. The second-order valence-electron chi connectivity index (χ2n) is 6.36. The maximum Gasteiger partial charge on any atom is 0.256 e. The van der Waals surface area contributed by atoms with E-state index in [4.69, 9.17) is 0 Å². The first kappa shape index (κ1) is 17.7. The van der Waals surface area contributed by atoms with Crippen molar-refractivity contribution < 1.29 is 4.79 Å². The lowest BCUT2D eigenvalue weighted by molar-refractivity contribution is 0.0742. The largest absolute Gasteiger partial charge is 0.334 e. The highest BCUT2D eigenvalue weighted by atomic mass is 79.9. The summed E-state index contributed by atoms with van der Waals surface area (Å²) in [6.07, 6.45) is 8.90. The molecule has 8 heteroatoms. The summed E-state index contributed by atoms with van der Waals surface area (Å²) in [7, 11) is 0. The zero-order valence-electron chi connectivity index (χ0n) is 14.6. The number of likely N-dealkylation sites (tertiary alicyclic amines) is 1. The topological polar surface area (TPSA) is 67.2 Å². The molecule has 1 aliphatic rings. The van der Waals surface area contributed by atoms with Gasteiger partial charge in [-0.15, -0.1) is 0 Å². The van der Waals surface area contributed by atoms with Gasteiger partial charge in [0.05, 0.1) is 40.0 Å². The van der Waals surface area contributed by atoms with E-state index in [0.29, 0.717) is 18.1 Å².